The van der Waals surface area contributed by atoms with E-state index in [0.29, 0.717) is 0 Å². The molecule has 1 aromatic rings. The van der Waals surface area contributed by atoms with Crippen molar-refractivity contribution in [2.24, 2.45) is 0 Å². The van der Waals surface area contributed by atoms with Crippen molar-refractivity contribution in [1.29, 1.82) is 0 Å². The summed E-state index contributed by atoms with van der Waals surface area (Å²) >= 11 is 0. The Kier molecular flexibility index (Phi) is 8.42. The van der Waals surface area contributed by atoms with E-state index in [1.165, 1.54) is 53.0 Å². The number of nitrogens with zero attached hydrogens (tertiary/aromatic N) is 1. The molecule has 1 aromatic heterocycles. The Morgan fingerprint density at radius 2 is 1.66 bits per heavy atom. The van der Waals surface area contributed by atoms with Gasteiger partial charge in [-0.2, -0.15) is 0 Å². The van der Waals surface area contributed by atoms with Crippen molar-refractivity contribution >= 4 is 19.9 Å². The van der Waals surface area contributed by atoms with Crippen LogP contribution in [-0.4, -0.2) is 46.7 Å². The number of aryl methyl sites for hydroxylation is 1. The van der Waals surface area contributed by atoms with Gasteiger partial charge in [0.15, 0.2) is 18.9 Å². The largest absolute Gasteiger partial charge is 0.515 e. The molecule has 0 fully saturated rings. The zero-order chi connectivity index (χ0) is 24.1. The first-order chi connectivity index (χ1) is 14.9. The van der Waals surface area contributed by atoms with Gasteiger partial charge in [0.2, 0.25) is 0 Å². The average Bonchev–Trinajstić information content (AvgIpc) is 3.10. The second-order valence-electron chi connectivity index (χ2n) is 7.18. The number of aromatic nitrogens is 2. The van der Waals surface area contributed by atoms with E-state index in [9.17, 15) is 23.7 Å². The van der Waals surface area contributed by atoms with Crippen molar-refractivity contribution in [3.05, 3.63) is 44.8 Å². The minimum Gasteiger partial charge on any atom is -0.431 e. The maximum Gasteiger partial charge on any atom is 0.515 e. The van der Waals surface area contributed by atoms with E-state index in [1.54, 1.807) is 0 Å². The van der Waals surface area contributed by atoms with Gasteiger partial charge in [0.25, 0.3) is 5.56 Å². The molecule has 0 amide bonds. The number of nitrogens with one attached hydrogen (secondary N) is 1. The second-order valence-corrected chi connectivity index (χ2v) is 9.03. The normalized spacial score (nSPS) is 18.1. The molecule has 2 heterocycles. The smallest absolute Gasteiger partial charge is 0.431 e. The fraction of sp³-hybridized carbons (Fsp3) is 0.556. The third-order valence-electron chi connectivity index (χ3n) is 3.61. The molecule has 1 N–H and O–H groups in total. The van der Waals surface area contributed by atoms with Crippen LogP contribution >= 0.6 is 7.60 Å². The molecule has 0 bridgehead atoms. The Hall–Kier alpha value is -2.89. The van der Waals surface area contributed by atoms with Gasteiger partial charge in [-0.25, -0.2) is 18.9 Å². The van der Waals surface area contributed by atoms with Gasteiger partial charge < -0.3 is 28.0 Å². The fourth-order valence-electron chi connectivity index (χ4n) is 2.33. The van der Waals surface area contributed by atoms with Crippen molar-refractivity contribution in [1.82, 2.24) is 9.55 Å². The Morgan fingerprint density at radius 1 is 1.09 bits per heavy atom. The highest BCUT2D eigenvalue weighted by Crippen LogP contribution is 2.49. The number of hydrogen-bond donors (Lipinski definition) is 1. The average molecular weight is 476 g/mol. The summed E-state index contributed by atoms with van der Waals surface area (Å²) in [5.41, 5.74) is -0.955. The topological polar surface area (TPSA) is 161 Å². The first-order valence-corrected chi connectivity index (χ1v) is 11.3. The third kappa shape index (κ3) is 7.36. The van der Waals surface area contributed by atoms with Crippen molar-refractivity contribution in [2.45, 2.75) is 59.3 Å². The summed E-state index contributed by atoms with van der Waals surface area (Å²) in [4.78, 5) is 49.2. The van der Waals surface area contributed by atoms with Crippen molar-refractivity contribution in [3.8, 4) is 0 Å². The lowest BCUT2D eigenvalue weighted by molar-refractivity contribution is -0.128. The van der Waals surface area contributed by atoms with Gasteiger partial charge in [-0.15, -0.1) is 0 Å². The Balaban J connectivity index is 2.06. The molecule has 0 saturated carbocycles. The van der Waals surface area contributed by atoms with Gasteiger partial charge in [0.05, 0.1) is 12.2 Å². The second kappa shape index (κ2) is 10.6. The highest BCUT2D eigenvalue weighted by molar-refractivity contribution is 7.54. The van der Waals surface area contributed by atoms with Crippen LogP contribution < -0.4 is 11.2 Å². The summed E-state index contributed by atoms with van der Waals surface area (Å²) < 4.78 is 43.7. The lowest BCUT2D eigenvalue weighted by Crippen LogP contribution is -2.33. The van der Waals surface area contributed by atoms with E-state index >= 15 is 0 Å². The number of rotatable bonds is 8. The summed E-state index contributed by atoms with van der Waals surface area (Å²) in [7, 11) is -4.51. The van der Waals surface area contributed by atoms with E-state index in [4.69, 9.17) is 28.0 Å². The zero-order valence-corrected chi connectivity index (χ0v) is 19.0. The molecule has 1 aliphatic heterocycles. The van der Waals surface area contributed by atoms with Crippen LogP contribution in [0.15, 0.2) is 27.9 Å². The Morgan fingerprint density at radius 3 is 2.19 bits per heavy atom. The molecule has 0 saturated heterocycles. The molecule has 0 spiro atoms. The zero-order valence-electron chi connectivity index (χ0n) is 18.1. The van der Waals surface area contributed by atoms with Crippen LogP contribution in [-0.2, 0) is 32.6 Å². The first-order valence-electron chi connectivity index (χ1n) is 9.55. The van der Waals surface area contributed by atoms with Crippen molar-refractivity contribution in [3.63, 3.8) is 0 Å². The molecule has 2 atom stereocenters. The molecule has 0 aromatic carbocycles. The van der Waals surface area contributed by atoms with Crippen LogP contribution in [0, 0.1) is 6.92 Å². The quantitative estimate of drug-likeness (QED) is 0.333. The standard InChI is InChI=1S/C18H25N2O11P/c1-10(2)27-17(23)30-32(25,31-18(24)28-11(3)4)9-26-14-7-6-13(29-14)20-8-12(5)15(21)19-16(20)22/h6-8,10-11,13-14H,9H2,1-5H3,(H,19,21,22)/t13-,14+/m1/s1. The van der Waals surface area contributed by atoms with Gasteiger partial charge in [-0.3, -0.25) is 14.3 Å². The first kappa shape index (κ1) is 25.4. The number of H-pyrrole nitrogens is 1. The molecule has 14 heteroatoms. The van der Waals surface area contributed by atoms with E-state index < -0.39 is 62.2 Å². The van der Waals surface area contributed by atoms with Crippen LogP contribution in [0.1, 0.15) is 39.5 Å². The molecule has 0 radical (unpaired) electrons. The van der Waals surface area contributed by atoms with Crippen LogP contribution in [0.2, 0.25) is 0 Å². The number of hydrogen-bond acceptors (Lipinski definition) is 11. The van der Waals surface area contributed by atoms with Gasteiger partial charge in [0, 0.05) is 11.8 Å². The molecular weight excluding hydrogens is 451 g/mol. The maximum absolute atomic E-state index is 12.9. The van der Waals surface area contributed by atoms with Crippen molar-refractivity contribution in [2.75, 3.05) is 6.35 Å². The predicted octanol–water partition coefficient (Wildman–Crippen LogP) is 2.55. The molecule has 32 heavy (non-hydrogen) atoms. The van der Waals surface area contributed by atoms with E-state index in [-0.39, 0.29) is 5.56 Å². The van der Waals surface area contributed by atoms with E-state index in [2.05, 4.69) is 4.98 Å². The summed E-state index contributed by atoms with van der Waals surface area (Å²) in [6.07, 6.45) is -2.63. The summed E-state index contributed by atoms with van der Waals surface area (Å²) in [5.74, 6) is 0. The number of carbonyl (C=O) groups excluding carboxylic acids is 2. The summed E-state index contributed by atoms with van der Waals surface area (Å²) in [6, 6.07) is 0. The minimum absolute atomic E-state index is 0.282. The number of aromatic amines is 1. The minimum atomic E-state index is -4.51. The Bertz CT molecular complexity index is 998. The molecule has 0 unspecified atom stereocenters. The monoisotopic (exact) mass is 476 g/mol. The van der Waals surface area contributed by atoms with Gasteiger partial charge >= 0.3 is 25.6 Å². The number of ether oxygens (including phenoxy) is 4. The van der Waals surface area contributed by atoms with Gasteiger partial charge in [-0.05, 0) is 46.8 Å². The fourth-order valence-corrected chi connectivity index (χ4v) is 3.35. The maximum atomic E-state index is 12.9. The third-order valence-corrected chi connectivity index (χ3v) is 4.93. The SMILES string of the molecule is Cc1cn([C@H]2C=C[C@@H](OCP(=O)(OC(=O)OC(C)C)OC(=O)OC(C)C)O2)c(=O)[nH]c1=O. The van der Waals surface area contributed by atoms with Gasteiger partial charge in [0.1, 0.15) is 0 Å². The van der Waals surface area contributed by atoms with E-state index in [1.807, 2.05) is 0 Å². The predicted molar refractivity (Wildman–Crippen MR) is 108 cm³/mol. The van der Waals surface area contributed by atoms with Gasteiger partial charge in [-0.1, -0.05) is 0 Å². The molecule has 0 aliphatic carbocycles. The molecule has 13 nitrogen and oxygen atoms in total. The summed E-state index contributed by atoms with van der Waals surface area (Å²) in [5, 5.41) is 0. The molecular formula is C18H25N2O11P. The lowest BCUT2D eigenvalue weighted by Gasteiger charge is -2.21. The highest BCUT2D eigenvalue weighted by Gasteiger charge is 2.37. The molecule has 178 valence electrons. The molecule has 1 aliphatic rings. The molecule has 2 rings (SSSR count). The van der Waals surface area contributed by atoms with E-state index in [0.717, 1.165) is 4.57 Å². The van der Waals surface area contributed by atoms with Crippen LogP contribution in [0.4, 0.5) is 9.59 Å². The van der Waals surface area contributed by atoms with Crippen LogP contribution in [0.3, 0.4) is 0 Å². The van der Waals surface area contributed by atoms with Crippen LogP contribution in [0.25, 0.3) is 0 Å². The summed E-state index contributed by atoms with van der Waals surface area (Å²) in [6.45, 7) is 7.66. The lowest BCUT2D eigenvalue weighted by atomic mass is 10.4. The van der Waals surface area contributed by atoms with Crippen molar-refractivity contribution < 1.29 is 42.1 Å². The Labute approximate surface area is 182 Å². The van der Waals surface area contributed by atoms with Crippen LogP contribution in [0.5, 0.6) is 0 Å². The number of carbonyl (C=O) groups is 2. The highest BCUT2D eigenvalue weighted by atomic mass is 31.2.